The first-order chi connectivity index (χ1) is 10.3. The minimum absolute atomic E-state index is 0.678. The van der Waals surface area contributed by atoms with Crippen LogP contribution in [0.2, 0.25) is 0 Å². The predicted molar refractivity (Wildman–Crippen MR) is 85.4 cm³/mol. The Morgan fingerprint density at radius 2 is 1.95 bits per heavy atom. The molecule has 108 valence electrons. The Bertz CT molecular complexity index is 666. The topological polar surface area (TPSA) is 43.2 Å². The number of aromatic nitrogens is 1. The summed E-state index contributed by atoms with van der Waals surface area (Å²) in [5.74, 6) is 0. The lowest BCUT2D eigenvalue weighted by atomic mass is 10.1. The largest absolute Gasteiger partial charge is 0.367 e. The van der Waals surface area contributed by atoms with Gasteiger partial charge in [0.1, 0.15) is 6.07 Å². The Kier molecular flexibility index (Phi) is 4.03. The molecule has 4 nitrogen and oxygen atoms in total. The molecule has 0 amide bonds. The number of pyridine rings is 1. The van der Waals surface area contributed by atoms with Crippen LogP contribution in [-0.2, 0) is 0 Å². The van der Waals surface area contributed by atoms with E-state index in [0.29, 0.717) is 5.56 Å². The van der Waals surface area contributed by atoms with E-state index in [1.54, 1.807) is 6.20 Å². The summed E-state index contributed by atoms with van der Waals surface area (Å²) in [5, 5.41) is 10.5. The number of anilines is 1. The Morgan fingerprint density at radius 3 is 2.67 bits per heavy atom. The molecule has 1 aromatic heterocycles. The SMILES string of the molecule is CCCN1CCN(c2c(C#N)cnc3ccccc23)CC1. The zero-order valence-electron chi connectivity index (χ0n) is 12.4. The number of nitriles is 1. The maximum atomic E-state index is 9.42. The molecule has 0 N–H and O–H groups in total. The van der Waals surface area contributed by atoms with Crippen LogP contribution in [0.25, 0.3) is 10.9 Å². The lowest BCUT2D eigenvalue weighted by Gasteiger charge is -2.36. The number of fused-ring (bicyclic) bond motifs is 1. The first-order valence-corrected chi connectivity index (χ1v) is 7.58. The molecule has 0 unspecified atom stereocenters. The second kappa shape index (κ2) is 6.11. The van der Waals surface area contributed by atoms with Crippen LogP contribution >= 0.6 is 0 Å². The molecule has 1 aliphatic heterocycles. The van der Waals surface area contributed by atoms with Gasteiger partial charge >= 0.3 is 0 Å². The molecule has 0 atom stereocenters. The van der Waals surface area contributed by atoms with Crippen LogP contribution in [0.3, 0.4) is 0 Å². The summed E-state index contributed by atoms with van der Waals surface area (Å²) in [6.45, 7) is 7.46. The van der Waals surface area contributed by atoms with E-state index in [-0.39, 0.29) is 0 Å². The van der Waals surface area contributed by atoms with Crippen LogP contribution in [0.1, 0.15) is 18.9 Å². The minimum Gasteiger partial charge on any atom is -0.367 e. The molecular formula is C17H20N4. The molecule has 0 spiro atoms. The molecule has 0 radical (unpaired) electrons. The van der Waals surface area contributed by atoms with Crippen molar-refractivity contribution in [1.82, 2.24) is 9.88 Å². The summed E-state index contributed by atoms with van der Waals surface area (Å²) in [6, 6.07) is 10.4. The van der Waals surface area contributed by atoms with Crippen molar-refractivity contribution in [3.8, 4) is 6.07 Å². The summed E-state index contributed by atoms with van der Waals surface area (Å²) in [7, 11) is 0. The van der Waals surface area contributed by atoms with E-state index in [9.17, 15) is 5.26 Å². The van der Waals surface area contributed by atoms with Gasteiger partial charge in [0.2, 0.25) is 0 Å². The first kappa shape index (κ1) is 13.8. The summed E-state index contributed by atoms with van der Waals surface area (Å²) in [6.07, 6.45) is 2.90. The Morgan fingerprint density at radius 1 is 1.19 bits per heavy atom. The predicted octanol–water partition coefficient (Wildman–Crippen LogP) is 2.64. The van der Waals surface area contributed by atoms with Crippen molar-refractivity contribution in [3.63, 3.8) is 0 Å². The highest BCUT2D eigenvalue weighted by atomic mass is 15.3. The van der Waals surface area contributed by atoms with Crippen LogP contribution < -0.4 is 4.90 Å². The average Bonchev–Trinajstić information content (AvgIpc) is 2.55. The van der Waals surface area contributed by atoms with Crippen molar-refractivity contribution in [1.29, 1.82) is 5.26 Å². The van der Waals surface area contributed by atoms with E-state index < -0.39 is 0 Å². The summed E-state index contributed by atoms with van der Waals surface area (Å²) < 4.78 is 0. The summed E-state index contributed by atoms with van der Waals surface area (Å²) in [4.78, 5) is 9.23. The quantitative estimate of drug-likeness (QED) is 0.867. The number of para-hydroxylation sites is 1. The Labute approximate surface area is 125 Å². The monoisotopic (exact) mass is 280 g/mol. The smallest absolute Gasteiger partial charge is 0.103 e. The minimum atomic E-state index is 0.678. The number of hydrogen-bond donors (Lipinski definition) is 0. The van der Waals surface area contributed by atoms with Gasteiger partial charge in [0.25, 0.3) is 0 Å². The Balaban J connectivity index is 1.95. The van der Waals surface area contributed by atoms with Gasteiger partial charge < -0.3 is 4.90 Å². The molecule has 1 fully saturated rings. The highest BCUT2D eigenvalue weighted by Crippen LogP contribution is 2.29. The first-order valence-electron chi connectivity index (χ1n) is 7.58. The number of piperazine rings is 1. The molecule has 0 aliphatic carbocycles. The van der Waals surface area contributed by atoms with Crippen LogP contribution in [-0.4, -0.2) is 42.6 Å². The van der Waals surface area contributed by atoms with Gasteiger partial charge in [-0.2, -0.15) is 5.26 Å². The fraction of sp³-hybridized carbons (Fsp3) is 0.412. The number of hydrogen-bond acceptors (Lipinski definition) is 4. The lowest BCUT2D eigenvalue weighted by molar-refractivity contribution is 0.258. The number of rotatable bonds is 3. The van der Waals surface area contributed by atoms with Crippen LogP contribution in [0, 0.1) is 11.3 Å². The van der Waals surface area contributed by atoms with Crippen LogP contribution in [0.15, 0.2) is 30.5 Å². The molecule has 2 aromatic rings. The average molecular weight is 280 g/mol. The van der Waals surface area contributed by atoms with E-state index in [1.165, 1.54) is 6.42 Å². The third-order valence-corrected chi connectivity index (χ3v) is 4.10. The van der Waals surface area contributed by atoms with Gasteiger partial charge in [-0.1, -0.05) is 25.1 Å². The summed E-state index contributed by atoms with van der Waals surface area (Å²) in [5.41, 5.74) is 2.69. The molecule has 4 heteroatoms. The maximum Gasteiger partial charge on any atom is 0.103 e. The molecule has 21 heavy (non-hydrogen) atoms. The van der Waals surface area contributed by atoms with Gasteiger partial charge in [0, 0.05) is 37.8 Å². The number of benzene rings is 1. The van der Waals surface area contributed by atoms with Crippen molar-refractivity contribution in [2.75, 3.05) is 37.6 Å². The molecule has 0 saturated carbocycles. The molecule has 3 rings (SSSR count). The van der Waals surface area contributed by atoms with E-state index in [1.807, 2.05) is 18.2 Å². The van der Waals surface area contributed by atoms with Crippen molar-refractivity contribution in [3.05, 3.63) is 36.0 Å². The highest BCUT2D eigenvalue weighted by molar-refractivity contribution is 5.94. The standard InChI is InChI=1S/C17H20N4/c1-2-7-20-8-10-21(11-9-20)17-14(12-18)13-19-16-6-4-3-5-15(16)17/h3-6,13H,2,7-11H2,1H3. The van der Waals surface area contributed by atoms with Gasteiger partial charge in [0.05, 0.1) is 16.8 Å². The fourth-order valence-electron chi connectivity index (χ4n) is 3.06. The molecule has 1 saturated heterocycles. The van der Waals surface area contributed by atoms with E-state index in [0.717, 1.165) is 49.3 Å². The normalized spacial score (nSPS) is 16.1. The molecule has 2 heterocycles. The van der Waals surface area contributed by atoms with Crippen molar-refractivity contribution >= 4 is 16.6 Å². The second-order valence-electron chi connectivity index (χ2n) is 5.48. The fourth-order valence-corrected chi connectivity index (χ4v) is 3.06. The zero-order valence-corrected chi connectivity index (χ0v) is 12.4. The lowest BCUT2D eigenvalue weighted by Crippen LogP contribution is -2.46. The highest BCUT2D eigenvalue weighted by Gasteiger charge is 2.21. The Hall–Kier alpha value is -2.12. The second-order valence-corrected chi connectivity index (χ2v) is 5.48. The van der Waals surface area contributed by atoms with E-state index >= 15 is 0 Å². The maximum absolute atomic E-state index is 9.42. The van der Waals surface area contributed by atoms with Gasteiger partial charge in [-0.15, -0.1) is 0 Å². The molecule has 1 aromatic carbocycles. The van der Waals surface area contributed by atoms with Crippen molar-refractivity contribution in [2.24, 2.45) is 0 Å². The van der Waals surface area contributed by atoms with Gasteiger partial charge in [-0.3, -0.25) is 9.88 Å². The molecule has 0 bridgehead atoms. The van der Waals surface area contributed by atoms with Crippen molar-refractivity contribution < 1.29 is 0 Å². The van der Waals surface area contributed by atoms with Gasteiger partial charge in [-0.25, -0.2) is 0 Å². The van der Waals surface area contributed by atoms with Crippen molar-refractivity contribution in [2.45, 2.75) is 13.3 Å². The van der Waals surface area contributed by atoms with Crippen LogP contribution in [0.5, 0.6) is 0 Å². The van der Waals surface area contributed by atoms with Gasteiger partial charge in [-0.05, 0) is 19.0 Å². The third-order valence-electron chi connectivity index (χ3n) is 4.10. The molecule has 1 aliphatic rings. The zero-order chi connectivity index (χ0) is 14.7. The van der Waals surface area contributed by atoms with E-state index in [4.69, 9.17) is 0 Å². The number of nitrogens with zero attached hydrogens (tertiary/aromatic N) is 4. The molecular weight excluding hydrogens is 260 g/mol. The summed E-state index contributed by atoms with van der Waals surface area (Å²) >= 11 is 0. The third kappa shape index (κ3) is 2.70. The van der Waals surface area contributed by atoms with E-state index in [2.05, 4.69) is 33.8 Å². The van der Waals surface area contributed by atoms with Crippen LogP contribution in [0.4, 0.5) is 5.69 Å². The van der Waals surface area contributed by atoms with Gasteiger partial charge in [0.15, 0.2) is 0 Å².